The summed E-state index contributed by atoms with van der Waals surface area (Å²) in [7, 11) is 0. The van der Waals surface area contributed by atoms with E-state index in [2.05, 4.69) is 49.9 Å². The van der Waals surface area contributed by atoms with Gasteiger partial charge in [0.05, 0.1) is 0 Å². The van der Waals surface area contributed by atoms with Gasteiger partial charge in [0.25, 0.3) is 0 Å². The summed E-state index contributed by atoms with van der Waals surface area (Å²) in [6.45, 7) is 8.32. The molecule has 2 N–H and O–H groups in total. The van der Waals surface area contributed by atoms with Crippen molar-refractivity contribution in [3.63, 3.8) is 0 Å². The number of hydrogen-bond donors (Lipinski definition) is 1. The third kappa shape index (κ3) is 4.04. The predicted molar refractivity (Wildman–Crippen MR) is 76.6 cm³/mol. The Hall–Kier alpha value is -1.02. The van der Waals surface area contributed by atoms with Crippen LogP contribution in [0.2, 0.25) is 0 Å². The van der Waals surface area contributed by atoms with Gasteiger partial charge in [0, 0.05) is 24.8 Å². The van der Waals surface area contributed by atoms with Gasteiger partial charge in [0.15, 0.2) is 0 Å². The minimum absolute atomic E-state index is 0.475. The van der Waals surface area contributed by atoms with Crippen molar-refractivity contribution in [1.82, 2.24) is 0 Å². The number of aryl methyl sites for hydroxylation is 1. The molecule has 0 fully saturated rings. The number of unbranched alkanes of at least 4 members (excludes halogenated alkanes) is 1. The molecule has 0 aliphatic rings. The topological polar surface area (TPSA) is 29.3 Å². The van der Waals surface area contributed by atoms with Crippen LogP contribution in [0.15, 0.2) is 24.3 Å². The van der Waals surface area contributed by atoms with Crippen molar-refractivity contribution in [2.24, 2.45) is 5.73 Å². The zero-order valence-corrected chi connectivity index (χ0v) is 11.4. The van der Waals surface area contributed by atoms with Crippen LogP contribution in [0, 0.1) is 6.92 Å². The summed E-state index contributed by atoms with van der Waals surface area (Å²) in [5.41, 5.74) is 8.52. The molecule has 96 valence electrons. The smallest absolute Gasteiger partial charge is 0.0412 e. The van der Waals surface area contributed by atoms with Gasteiger partial charge in [-0.15, -0.1) is 0 Å². The van der Waals surface area contributed by atoms with Crippen LogP contribution in [-0.4, -0.2) is 19.1 Å². The Morgan fingerprint density at radius 2 is 1.82 bits per heavy atom. The van der Waals surface area contributed by atoms with Crippen molar-refractivity contribution in [2.75, 3.05) is 18.0 Å². The highest BCUT2D eigenvalue weighted by atomic mass is 15.2. The fourth-order valence-corrected chi connectivity index (χ4v) is 2.23. The Morgan fingerprint density at radius 1 is 1.18 bits per heavy atom. The van der Waals surface area contributed by atoms with Crippen LogP contribution in [0.4, 0.5) is 5.69 Å². The number of anilines is 1. The number of nitrogens with zero attached hydrogens (tertiary/aromatic N) is 1. The Bertz CT molecular complexity index is 305. The van der Waals surface area contributed by atoms with E-state index < -0.39 is 0 Å². The normalized spacial score (nSPS) is 12.5. The lowest BCUT2D eigenvalue weighted by molar-refractivity contribution is 0.539. The maximum atomic E-state index is 5.92. The summed E-state index contributed by atoms with van der Waals surface area (Å²) >= 11 is 0. The summed E-state index contributed by atoms with van der Waals surface area (Å²) in [5.74, 6) is 0. The molecule has 0 amide bonds. The molecule has 0 saturated carbocycles. The van der Waals surface area contributed by atoms with Gasteiger partial charge in [0.2, 0.25) is 0 Å². The molecule has 1 aromatic rings. The summed E-state index contributed by atoms with van der Waals surface area (Å²) in [6.07, 6.45) is 3.68. The van der Waals surface area contributed by atoms with Crippen molar-refractivity contribution >= 4 is 5.69 Å². The number of nitrogens with two attached hydrogens (primary N) is 1. The van der Waals surface area contributed by atoms with Gasteiger partial charge in [-0.2, -0.15) is 0 Å². The second kappa shape index (κ2) is 7.33. The number of benzene rings is 1. The second-order valence-electron chi connectivity index (χ2n) is 4.65. The van der Waals surface area contributed by atoms with Crippen LogP contribution in [0.3, 0.4) is 0 Å². The van der Waals surface area contributed by atoms with E-state index in [4.69, 9.17) is 5.73 Å². The van der Waals surface area contributed by atoms with Gasteiger partial charge in [0.1, 0.15) is 0 Å². The molecule has 2 heteroatoms. The van der Waals surface area contributed by atoms with E-state index in [1.54, 1.807) is 0 Å². The molecule has 2 nitrogen and oxygen atoms in total. The lowest BCUT2D eigenvalue weighted by atomic mass is 10.1. The van der Waals surface area contributed by atoms with E-state index in [1.165, 1.54) is 30.5 Å². The van der Waals surface area contributed by atoms with Crippen LogP contribution >= 0.6 is 0 Å². The summed E-state index contributed by atoms with van der Waals surface area (Å²) in [6, 6.07) is 9.22. The minimum Gasteiger partial charge on any atom is -0.368 e. The zero-order chi connectivity index (χ0) is 12.7. The number of rotatable bonds is 7. The summed E-state index contributed by atoms with van der Waals surface area (Å²) < 4.78 is 0. The van der Waals surface area contributed by atoms with Crippen LogP contribution < -0.4 is 10.6 Å². The molecule has 0 bridgehead atoms. The molecule has 0 radical (unpaired) electrons. The van der Waals surface area contributed by atoms with Crippen LogP contribution in [0.1, 0.15) is 38.7 Å². The monoisotopic (exact) mass is 234 g/mol. The fraction of sp³-hybridized carbons (Fsp3) is 0.600. The van der Waals surface area contributed by atoms with E-state index in [9.17, 15) is 0 Å². The number of likely N-dealkylation sites (N-methyl/N-ethyl adjacent to an activating group) is 1. The van der Waals surface area contributed by atoms with Crippen LogP contribution in [0.25, 0.3) is 0 Å². The molecule has 1 aromatic carbocycles. The largest absolute Gasteiger partial charge is 0.368 e. The van der Waals surface area contributed by atoms with Crippen molar-refractivity contribution in [3.05, 3.63) is 29.8 Å². The summed E-state index contributed by atoms with van der Waals surface area (Å²) in [4.78, 5) is 2.43. The van der Waals surface area contributed by atoms with E-state index in [-0.39, 0.29) is 0 Å². The van der Waals surface area contributed by atoms with Crippen molar-refractivity contribution in [2.45, 2.75) is 46.1 Å². The highest BCUT2D eigenvalue weighted by Crippen LogP contribution is 2.19. The van der Waals surface area contributed by atoms with E-state index in [0.717, 1.165) is 13.1 Å². The molecule has 0 aliphatic heterocycles. The zero-order valence-electron chi connectivity index (χ0n) is 11.4. The van der Waals surface area contributed by atoms with Gasteiger partial charge in [-0.3, -0.25) is 0 Å². The maximum Gasteiger partial charge on any atom is 0.0412 e. The van der Waals surface area contributed by atoms with Crippen molar-refractivity contribution < 1.29 is 0 Å². The van der Waals surface area contributed by atoms with Gasteiger partial charge in [-0.25, -0.2) is 0 Å². The lowest BCUT2D eigenvalue weighted by Crippen LogP contribution is -2.40. The molecule has 0 aromatic heterocycles. The van der Waals surface area contributed by atoms with Gasteiger partial charge < -0.3 is 10.6 Å². The Kier molecular flexibility index (Phi) is 6.06. The molecule has 17 heavy (non-hydrogen) atoms. The van der Waals surface area contributed by atoms with Gasteiger partial charge in [-0.05, 0) is 32.4 Å². The minimum atomic E-state index is 0.475. The van der Waals surface area contributed by atoms with E-state index in [1.807, 2.05) is 0 Å². The highest BCUT2D eigenvalue weighted by Gasteiger charge is 2.15. The SMILES string of the molecule is CCCCC(CN)N(CC)c1ccc(C)cc1. The van der Waals surface area contributed by atoms with E-state index in [0.29, 0.717) is 6.04 Å². The van der Waals surface area contributed by atoms with Gasteiger partial charge >= 0.3 is 0 Å². The maximum absolute atomic E-state index is 5.92. The summed E-state index contributed by atoms with van der Waals surface area (Å²) in [5, 5.41) is 0. The first-order chi connectivity index (χ1) is 8.22. The van der Waals surface area contributed by atoms with Crippen molar-refractivity contribution in [3.8, 4) is 0 Å². The molecule has 1 atom stereocenters. The standard InChI is InChI=1S/C15H26N2/c1-4-6-7-15(12-16)17(5-2)14-10-8-13(3)9-11-14/h8-11,15H,4-7,12,16H2,1-3H3. The molecule has 0 saturated heterocycles. The average Bonchev–Trinajstić information content (AvgIpc) is 2.36. The molecular formula is C15H26N2. The highest BCUT2D eigenvalue weighted by molar-refractivity contribution is 5.48. The van der Waals surface area contributed by atoms with E-state index >= 15 is 0 Å². The van der Waals surface area contributed by atoms with Crippen molar-refractivity contribution in [1.29, 1.82) is 0 Å². The number of hydrogen-bond acceptors (Lipinski definition) is 2. The Balaban J connectivity index is 2.77. The molecule has 1 unspecified atom stereocenters. The third-order valence-corrected chi connectivity index (χ3v) is 3.31. The molecule has 0 heterocycles. The second-order valence-corrected chi connectivity index (χ2v) is 4.65. The molecule has 0 spiro atoms. The molecular weight excluding hydrogens is 208 g/mol. The first-order valence-electron chi connectivity index (χ1n) is 6.76. The molecule has 1 rings (SSSR count). The first-order valence-corrected chi connectivity index (χ1v) is 6.76. The quantitative estimate of drug-likeness (QED) is 0.784. The molecule has 0 aliphatic carbocycles. The Morgan fingerprint density at radius 3 is 2.29 bits per heavy atom. The van der Waals surface area contributed by atoms with Crippen LogP contribution in [-0.2, 0) is 0 Å². The first kappa shape index (κ1) is 14.0. The van der Waals surface area contributed by atoms with Gasteiger partial charge in [-0.1, -0.05) is 37.5 Å². The average molecular weight is 234 g/mol. The van der Waals surface area contributed by atoms with Crippen LogP contribution in [0.5, 0.6) is 0 Å². The fourth-order valence-electron chi connectivity index (χ4n) is 2.23. The third-order valence-electron chi connectivity index (χ3n) is 3.31. The lowest BCUT2D eigenvalue weighted by Gasteiger charge is -2.32. The predicted octanol–water partition coefficient (Wildman–Crippen LogP) is 3.34. The Labute approximate surface area is 106 Å².